The third kappa shape index (κ3) is 43.5. The molecule has 0 aromatic rings. The van der Waals surface area contributed by atoms with Crippen molar-refractivity contribution in [3.63, 3.8) is 0 Å². The van der Waals surface area contributed by atoms with Crippen LogP contribution in [0, 0.1) is 0 Å². The molecule has 0 radical (unpaired) electrons. The van der Waals surface area contributed by atoms with Crippen LogP contribution >= 0.6 is 0 Å². The van der Waals surface area contributed by atoms with Gasteiger partial charge in [-0.2, -0.15) is 0 Å². The second-order valence-corrected chi connectivity index (χ2v) is 17.7. The molecule has 64 heavy (non-hydrogen) atoms. The second kappa shape index (κ2) is 45.8. The van der Waals surface area contributed by atoms with Crippen LogP contribution in [0.2, 0.25) is 0 Å². The molecule has 0 saturated carbocycles. The summed E-state index contributed by atoms with van der Waals surface area (Å²) in [6.45, 7) is 4.48. The number of rotatable bonds is 44. The number of esters is 2. The number of aliphatic carboxylic acids is 1. The van der Waals surface area contributed by atoms with Crippen LogP contribution < -0.4 is 5.11 Å². The fourth-order valence-corrected chi connectivity index (χ4v) is 6.81. The highest BCUT2D eigenvalue weighted by molar-refractivity contribution is 5.70. The molecule has 0 bridgehead atoms. The van der Waals surface area contributed by atoms with Gasteiger partial charge in [0.15, 0.2) is 6.10 Å². The molecule has 0 aromatic carbocycles. The van der Waals surface area contributed by atoms with E-state index >= 15 is 0 Å². The Morgan fingerprint density at radius 3 is 1.30 bits per heavy atom. The average Bonchev–Trinajstić information content (AvgIpc) is 3.26. The van der Waals surface area contributed by atoms with E-state index in [4.69, 9.17) is 14.2 Å². The lowest BCUT2D eigenvalue weighted by molar-refractivity contribution is -0.889. The minimum Gasteiger partial charge on any atom is -0.544 e. The monoisotopic (exact) mass is 892 g/mol. The molecular formula is C56H93NO7. The number of carbonyl (C=O) groups excluding carboxylic acids is 3. The molecule has 0 saturated heterocycles. The summed E-state index contributed by atoms with van der Waals surface area (Å²) in [6, 6.07) is -0.737. The SMILES string of the molecule is CC/C=C/C/C=C/C/C=C/C/C=C/C/C=C/C/C=C/CCCCCCC(=O)OCC(COCCC(C(=O)[O-])[N+](C)(C)C)OC(=O)CCCCCCCCC/C=C/C/C=C/CCCCC. The molecule has 0 amide bonds. The molecule has 0 fully saturated rings. The van der Waals surface area contributed by atoms with Crippen molar-refractivity contribution in [3.8, 4) is 0 Å². The summed E-state index contributed by atoms with van der Waals surface area (Å²) in [6.07, 6.45) is 61.4. The quantitative estimate of drug-likeness (QED) is 0.0260. The van der Waals surface area contributed by atoms with Crippen LogP contribution in [0.25, 0.3) is 0 Å². The summed E-state index contributed by atoms with van der Waals surface area (Å²) >= 11 is 0. The maximum absolute atomic E-state index is 12.8. The fourth-order valence-electron chi connectivity index (χ4n) is 6.81. The van der Waals surface area contributed by atoms with Gasteiger partial charge in [0.25, 0.3) is 0 Å². The van der Waals surface area contributed by atoms with Gasteiger partial charge in [-0.05, 0) is 96.3 Å². The number of quaternary nitrogens is 1. The Bertz CT molecular complexity index is 1360. The lowest BCUT2D eigenvalue weighted by atomic mass is 10.1. The zero-order chi connectivity index (χ0) is 47.0. The van der Waals surface area contributed by atoms with Gasteiger partial charge >= 0.3 is 11.9 Å². The molecule has 0 rings (SSSR count). The van der Waals surface area contributed by atoms with E-state index in [9.17, 15) is 19.5 Å². The molecule has 0 N–H and O–H groups in total. The minimum absolute atomic E-state index is 0.0233. The topological polar surface area (TPSA) is 102 Å². The fraction of sp³-hybridized carbons (Fsp3) is 0.661. The van der Waals surface area contributed by atoms with Gasteiger partial charge in [0, 0.05) is 19.3 Å². The molecule has 0 aliphatic rings. The number of carboxylic acid groups (broad SMARTS) is 1. The Morgan fingerprint density at radius 2 is 0.875 bits per heavy atom. The Balaban J connectivity index is 4.34. The summed E-state index contributed by atoms with van der Waals surface area (Å²) in [4.78, 5) is 37.0. The van der Waals surface area contributed by atoms with Crippen molar-refractivity contribution in [2.75, 3.05) is 41.0 Å². The van der Waals surface area contributed by atoms with Crippen molar-refractivity contribution < 1.29 is 38.2 Å². The number of likely N-dealkylation sites (N-methyl/N-ethyl adjacent to an activating group) is 1. The van der Waals surface area contributed by atoms with Crippen molar-refractivity contribution in [2.24, 2.45) is 0 Å². The van der Waals surface area contributed by atoms with E-state index in [1.165, 1.54) is 44.9 Å². The second-order valence-electron chi connectivity index (χ2n) is 17.7. The Labute approximate surface area is 392 Å². The molecular weight excluding hydrogens is 799 g/mol. The number of unbranched alkanes of at least 4 members (excludes halogenated alkanes) is 14. The van der Waals surface area contributed by atoms with Crippen LogP contribution in [0.3, 0.4) is 0 Å². The van der Waals surface area contributed by atoms with Crippen molar-refractivity contribution >= 4 is 17.9 Å². The molecule has 8 nitrogen and oxygen atoms in total. The van der Waals surface area contributed by atoms with E-state index in [1.807, 2.05) is 0 Å². The van der Waals surface area contributed by atoms with Crippen molar-refractivity contribution in [1.82, 2.24) is 0 Å². The number of carboxylic acids is 1. The lowest BCUT2D eigenvalue weighted by Gasteiger charge is -2.34. The Kier molecular flexibility index (Phi) is 43.1. The standard InChI is InChI=1S/C56H93NO7/c1-6-8-10-12-14-16-18-20-22-24-25-26-27-28-29-31-32-34-36-38-40-42-44-46-54(58)63-51-52(50-62-49-48-53(56(60)61)57(3,4)5)64-55(59)47-45-43-41-39-37-35-33-30-23-21-19-17-15-13-11-9-7-2/h8,10,14-17,20-23,25-26,28-29,32,34,52-53H,6-7,9,11-13,18-19,24,27,30-31,33,35-51H2,1-5H3/b10-8+,16-14+,17-15+,22-20+,23-21+,26-25+,29-28+,34-32+. The van der Waals surface area contributed by atoms with Gasteiger partial charge in [0.2, 0.25) is 0 Å². The van der Waals surface area contributed by atoms with Gasteiger partial charge in [-0.25, -0.2) is 0 Å². The number of ether oxygens (including phenoxy) is 3. The smallest absolute Gasteiger partial charge is 0.306 e. The number of carbonyl (C=O) groups is 3. The molecule has 0 aliphatic heterocycles. The zero-order valence-electron chi connectivity index (χ0n) is 41.4. The van der Waals surface area contributed by atoms with Crippen molar-refractivity contribution in [1.29, 1.82) is 0 Å². The van der Waals surface area contributed by atoms with Crippen LogP contribution in [0.1, 0.15) is 187 Å². The third-order valence-corrected chi connectivity index (χ3v) is 10.7. The largest absolute Gasteiger partial charge is 0.544 e. The summed E-state index contributed by atoms with van der Waals surface area (Å²) in [5.41, 5.74) is 0. The van der Waals surface area contributed by atoms with E-state index < -0.39 is 18.1 Å². The van der Waals surface area contributed by atoms with Crippen molar-refractivity contribution in [2.45, 2.75) is 199 Å². The first kappa shape index (κ1) is 60.2. The van der Waals surface area contributed by atoms with Gasteiger partial charge in [0.05, 0.1) is 40.3 Å². The average molecular weight is 892 g/mol. The zero-order valence-corrected chi connectivity index (χ0v) is 41.4. The summed E-state index contributed by atoms with van der Waals surface area (Å²) in [5.74, 6) is -1.79. The third-order valence-electron chi connectivity index (χ3n) is 10.7. The molecule has 0 spiro atoms. The maximum atomic E-state index is 12.8. The van der Waals surface area contributed by atoms with Crippen molar-refractivity contribution in [3.05, 3.63) is 97.2 Å². The van der Waals surface area contributed by atoms with E-state index in [2.05, 4.69) is 111 Å². The van der Waals surface area contributed by atoms with E-state index in [0.717, 1.165) is 109 Å². The highest BCUT2D eigenvalue weighted by Gasteiger charge is 2.25. The van der Waals surface area contributed by atoms with E-state index in [0.29, 0.717) is 12.8 Å². The van der Waals surface area contributed by atoms with E-state index in [1.54, 1.807) is 21.1 Å². The first-order valence-corrected chi connectivity index (χ1v) is 25.3. The molecule has 0 aromatic heterocycles. The Morgan fingerprint density at radius 1 is 0.484 bits per heavy atom. The first-order chi connectivity index (χ1) is 31.1. The van der Waals surface area contributed by atoms with Crippen LogP contribution in [-0.4, -0.2) is 75.5 Å². The normalized spacial score (nSPS) is 13.7. The molecule has 0 heterocycles. The van der Waals surface area contributed by atoms with Gasteiger partial charge < -0.3 is 28.6 Å². The van der Waals surface area contributed by atoms with Crippen LogP contribution in [-0.2, 0) is 28.6 Å². The predicted molar refractivity (Wildman–Crippen MR) is 268 cm³/mol. The maximum Gasteiger partial charge on any atom is 0.306 e. The number of hydrogen-bond donors (Lipinski definition) is 0. The lowest BCUT2D eigenvalue weighted by Crippen LogP contribution is -2.55. The molecule has 2 atom stereocenters. The number of hydrogen-bond acceptors (Lipinski definition) is 7. The van der Waals surface area contributed by atoms with Gasteiger partial charge in [0.1, 0.15) is 12.6 Å². The molecule has 0 aliphatic carbocycles. The van der Waals surface area contributed by atoms with Gasteiger partial charge in [-0.3, -0.25) is 9.59 Å². The van der Waals surface area contributed by atoms with E-state index in [-0.39, 0.29) is 42.7 Å². The summed E-state index contributed by atoms with van der Waals surface area (Å²) in [7, 11) is 5.39. The van der Waals surface area contributed by atoms with Gasteiger partial charge in [-0.1, -0.05) is 169 Å². The number of allylic oxidation sites excluding steroid dienone is 16. The van der Waals surface area contributed by atoms with Gasteiger partial charge in [-0.15, -0.1) is 0 Å². The first-order valence-electron chi connectivity index (χ1n) is 25.3. The molecule has 2 unspecified atom stereocenters. The predicted octanol–water partition coefficient (Wildman–Crippen LogP) is 13.3. The van der Waals surface area contributed by atoms with Crippen LogP contribution in [0.4, 0.5) is 0 Å². The van der Waals surface area contributed by atoms with Crippen LogP contribution in [0.5, 0.6) is 0 Å². The van der Waals surface area contributed by atoms with Crippen LogP contribution in [0.15, 0.2) is 97.2 Å². The molecule has 364 valence electrons. The highest BCUT2D eigenvalue weighted by Crippen LogP contribution is 2.13. The Hall–Kier alpha value is -3.75. The number of nitrogens with zero attached hydrogens (tertiary/aromatic N) is 1. The molecule has 8 heteroatoms. The minimum atomic E-state index is -1.13. The highest BCUT2D eigenvalue weighted by atomic mass is 16.6. The summed E-state index contributed by atoms with van der Waals surface area (Å²) in [5, 5.41) is 11.7. The summed E-state index contributed by atoms with van der Waals surface area (Å²) < 4.78 is 17.2.